The molecule has 6 rings (SSSR count). The van der Waals surface area contributed by atoms with Gasteiger partial charge in [0.2, 0.25) is 5.78 Å². The molecular formula is C42H59NO7S. The molecule has 0 unspecified atom stereocenters. The molecule has 280 valence electrons. The van der Waals surface area contributed by atoms with Gasteiger partial charge in [-0.2, -0.15) is 0 Å². The summed E-state index contributed by atoms with van der Waals surface area (Å²) in [6, 6.07) is 3.87. The Labute approximate surface area is 307 Å². The molecule has 1 amide bonds. The van der Waals surface area contributed by atoms with Gasteiger partial charge in [-0.3, -0.25) is 24.0 Å². The van der Waals surface area contributed by atoms with Crippen LogP contribution in [0.15, 0.2) is 28.7 Å². The molecule has 2 N–H and O–H groups in total. The van der Waals surface area contributed by atoms with Gasteiger partial charge in [0.05, 0.1) is 23.8 Å². The number of carboxylic acid groups (broad SMARTS) is 1. The van der Waals surface area contributed by atoms with Gasteiger partial charge in [-0.15, -0.1) is 11.3 Å². The smallest absolute Gasteiger partial charge is 0.309 e. The lowest BCUT2D eigenvalue weighted by Crippen LogP contribution is -2.66. The van der Waals surface area contributed by atoms with Gasteiger partial charge in [0.1, 0.15) is 6.10 Å². The number of hydrogen-bond acceptors (Lipinski definition) is 7. The number of thiophene rings is 1. The molecule has 5 aliphatic carbocycles. The van der Waals surface area contributed by atoms with Gasteiger partial charge in [-0.05, 0) is 128 Å². The lowest BCUT2D eigenvalue weighted by atomic mass is 9.33. The quantitative estimate of drug-likeness (QED) is 0.194. The third-order valence-corrected chi connectivity index (χ3v) is 16.3. The molecule has 8 atom stereocenters. The fourth-order valence-corrected chi connectivity index (χ4v) is 13.2. The van der Waals surface area contributed by atoms with Crippen LogP contribution in [0.3, 0.4) is 0 Å². The zero-order valence-corrected chi connectivity index (χ0v) is 33.0. The Morgan fingerprint density at radius 2 is 1.67 bits per heavy atom. The van der Waals surface area contributed by atoms with Gasteiger partial charge in [0, 0.05) is 16.7 Å². The summed E-state index contributed by atoms with van der Waals surface area (Å²) < 4.78 is 6.13. The van der Waals surface area contributed by atoms with Crippen molar-refractivity contribution in [1.29, 1.82) is 0 Å². The molecule has 9 heteroatoms. The second-order valence-electron chi connectivity index (χ2n) is 19.1. The number of Topliss-reactive ketones (excluding diaryl/α,β-unsaturated/α-hetero) is 2. The van der Waals surface area contributed by atoms with Crippen molar-refractivity contribution in [2.45, 2.75) is 139 Å². The second kappa shape index (κ2) is 12.7. The van der Waals surface area contributed by atoms with Crippen LogP contribution in [0.4, 0.5) is 0 Å². The first-order valence-corrected chi connectivity index (χ1v) is 20.1. The number of amides is 1. The third-order valence-electron chi connectivity index (χ3n) is 15.5. The van der Waals surface area contributed by atoms with Crippen molar-refractivity contribution in [3.8, 4) is 0 Å². The average molecular weight is 722 g/mol. The number of carbonyl (C=O) groups is 5. The van der Waals surface area contributed by atoms with E-state index in [1.807, 2.05) is 17.5 Å². The molecular weight excluding hydrogens is 663 g/mol. The monoisotopic (exact) mass is 721 g/mol. The molecule has 4 saturated carbocycles. The largest absolute Gasteiger partial charge is 0.481 e. The van der Waals surface area contributed by atoms with Crippen LogP contribution >= 0.6 is 11.3 Å². The number of aliphatic carboxylic acids is 1. The highest BCUT2D eigenvalue weighted by molar-refractivity contribution is 7.09. The van der Waals surface area contributed by atoms with Gasteiger partial charge in [0.15, 0.2) is 5.78 Å². The normalized spacial score (nSPS) is 37.2. The van der Waals surface area contributed by atoms with Crippen LogP contribution in [-0.4, -0.2) is 40.6 Å². The van der Waals surface area contributed by atoms with Crippen molar-refractivity contribution < 1.29 is 33.8 Å². The van der Waals surface area contributed by atoms with Crippen molar-refractivity contribution in [3.05, 3.63) is 33.5 Å². The maximum Gasteiger partial charge on any atom is 0.309 e. The number of allylic oxidation sites excluding steroid dienone is 2. The molecule has 0 bridgehead atoms. The highest BCUT2D eigenvalue weighted by Crippen LogP contribution is 2.76. The summed E-state index contributed by atoms with van der Waals surface area (Å²) in [4.78, 5) is 67.7. The van der Waals surface area contributed by atoms with Crippen molar-refractivity contribution in [2.75, 3.05) is 0 Å². The molecule has 1 aromatic heterocycles. The van der Waals surface area contributed by atoms with E-state index >= 15 is 0 Å². The Bertz CT molecular complexity index is 1660. The molecule has 51 heavy (non-hydrogen) atoms. The summed E-state index contributed by atoms with van der Waals surface area (Å²) in [6.07, 6.45) is 6.48. The molecule has 8 nitrogen and oxygen atoms in total. The van der Waals surface area contributed by atoms with E-state index in [2.05, 4.69) is 53.8 Å². The van der Waals surface area contributed by atoms with E-state index in [-0.39, 0.29) is 58.2 Å². The lowest BCUT2D eigenvalue weighted by Gasteiger charge is -2.72. The Morgan fingerprint density at radius 1 is 0.961 bits per heavy atom. The Hall–Kier alpha value is -2.81. The summed E-state index contributed by atoms with van der Waals surface area (Å²) in [5.41, 5.74) is -0.965. The zero-order valence-electron chi connectivity index (χ0n) is 32.2. The summed E-state index contributed by atoms with van der Waals surface area (Å²) in [5, 5.41) is 14.4. The molecule has 0 radical (unpaired) electrons. The van der Waals surface area contributed by atoms with Crippen molar-refractivity contribution in [2.24, 2.45) is 56.2 Å². The topological polar surface area (TPSA) is 127 Å². The minimum absolute atomic E-state index is 0.000507. The van der Waals surface area contributed by atoms with Gasteiger partial charge >= 0.3 is 11.9 Å². The van der Waals surface area contributed by atoms with E-state index in [0.29, 0.717) is 24.8 Å². The number of ether oxygens (including phenoxy) is 1. The van der Waals surface area contributed by atoms with Crippen molar-refractivity contribution in [1.82, 2.24) is 5.32 Å². The molecule has 5 aliphatic rings. The number of carbonyl (C=O) groups excluding carboxylic acids is 4. The predicted molar refractivity (Wildman–Crippen MR) is 197 cm³/mol. The SMILES string of the molecule is CC(C)C1=C2[C@H]3CC[C@@H]4[C@@]5(C)CC[C@H](OC(=O)CC(C)(C)C(=O)O)C(C)(C)[C@@H]5CC[C@@]4(C)[C@]3(C)CC[C@@]2(C(=O)C(=O)NCc2cccs2)CC1=O. The molecule has 1 heterocycles. The number of ketones is 2. The first kappa shape index (κ1) is 37.9. The third kappa shape index (κ3) is 5.69. The zero-order chi connectivity index (χ0) is 37.5. The van der Waals surface area contributed by atoms with Crippen LogP contribution in [0.25, 0.3) is 0 Å². The van der Waals surface area contributed by atoms with Crippen molar-refractivity contribution >= 4 is 40.7 Å². The molecule has 0 saturated heterocycles. The van der Waals surface area contributed by atoms with Gasteiger partial charge in [-0.1, -0.05) is 54.5 Å². The summed E-state index contributed by atoms with van der Waals surface area (Å²) in [5.74, 6) is -1.70. The van der Waals surface area contributed by atoms with Crippen LogP contribution in [-0.2, 0) is 35.3 Å². The first-order chi connectivity index (χ1) is 23.7. The van der Waals surface area contributed by atoms with Gasteiger partial charge in [-0.25, -0.2) is 0 Å². The van der Waals surface area contributed by atoms with Crippen LogP contribution in [0, 0.1) is 56.2 Å². The maximum absolute atomic E-state index is 14.4. The minimum atomic E-state index is -1.18. The van der Waals surface area contributed by atoms with Crippen LogP contribution in [0.5, 0.6) is 0 Å². The van der Waals surface area contributed by atoms with Crippen LogP contribution < -0.4 is 5.32 Å². The number of nitrogens with one attached hydrogen (secondary N) is 1. The average Bonchev–Trinajstić information content (AvgIpc) is 3.67. The fraction of sp³-hybridized carbons (Fsp3) is 0.738. The molecule has 0 aliphatic heterocycles. The van der Waals surface area contributed by atoms with E-state index in [4.69, 9.17) is 4.74 Å². The van der Waals surface area contributed by atoms with E-state index in [1.54, 1.807) is 25.2 Å². The number of esters is 1. The first-order valence-electron chi connectivity index (χ1n) is 19.2. The van der Waals surface area contributed by atoms with E-state index in [9.17, 15) is 29.1 Å². The van der Waals surface area contributed by atoms with E-state index in [0.717, 1.165) is 61.0 Å². The van der Waals surface area contributed by atoms with Gasteiger partial charge in [0.25, 0.3) is 5.91 Å². The highest BCUT2D eigenvalue weighted by atomic mass is 32.1. The Balaban J connectivity index is 1.29. The molecule has 0 spiro atoms. The second-order valence-corrected chi connectivity index (χ2v) is 20.1. The van der Waals surface area contributed by atoms with Crippen molar-refractivity contribution in [3.63, 3.8) is 0 Å². The predicted octanol–water partition coefficient (Wildman–Crippen LogP) is 8.33. The molecule has 1 aromatic rings. The number of rotatable bonds is 9. The minimum Gasteiger partial charge on any atom is -0.481 e. The summed E-state index contributed by atoms with van der Waals surface area (Å²) >= 11 is 1.54. The molecule has 0 aromatic carbocycles. The summed E-state index contributed by atoms with van der Waals surface area (Å²) in [7, 11) is 0. The standard InChI is InChI=1S/C42H59NO7S/c1-24(2)32-27(44)21-42(34(46)35(47)43-23-25-11-10-20-51-25)19-18-40(8)26(33(32)42)12-13-29-39(7)16-15-30(50-31(45)22-37(3,4)36(48)49)38(5,6)28(39)14-17-41(29,40)9/h10-11,20,24,26,28-30H,12-19,21-23H2,1-9H3,(H,43,47)(H,48,49)/t26-,28+,29-,30+,39+,40-,41-,42-/m1/s1. The number of hydrogen-bond donors (Lipinski definition) is 2. The van der Waals surface area contributed by atoms with Crippen LogP contribution in [0.1, 0.15) is 131 Å². The van der Waals surface area contributed by atoms with Gasteiger partial charge < -0.3 is 15.2 Å². The number of fused-ring (bicyclic) bond motifs is 7. The van der Waals surface area contributed by atoms with E-state index < -0.39 is 34.5 Å². The molecule has 4 fully saturated rings. The summed E-state index contributed by atoms with van der Waals surface area (Å²) in [6.45, 7) is 19.4. The Kier molecular flexibility index (Phi) is 9.41. The maximum atomic E-state index is 14.4. The highest BCUT2D eigenvalue weighted by Gasteiger charge is 2.71. The number of carboxylic acids is 1. The Morgan fingerprint density at radius 3 is 2.29 bits per heavy atom. The van der Waals surface area contributed by atoms with Crippen LogP contribution in [0.2, 0.25) is 0 Å². The van der Waals surface area contributed by atoms with E-state index in [1.165, 1.54) is 0 Å². The lowest BCUT2D eigenvalue weighted by molar-refractivity contribution is -0.233. The fourth-order valence-electron chi connectivity index (χ4n) is 12.6.